The largest absolute Gasteiger partial charge is 0.354 e. The third-order valence-corrected chi connectivity index (χ3v) is 4.07. The highest BCUT2D eigenvalue weighted by molar-refractivity contribution is 7.91. The quantitative estimate of drug-likeness (QED) is 0.762. The number of rotatable bonds is 5. The van der Waals surface area contributed by atoms with Crippen LogP contribution in [0.5, 0.6) is 0 Å². The Morgan fingerprint density at radius 2 is 1.82 bits per heavy atom. The molecular weight excluding hydrogens is 264 g/mol. The smallest absolute Gasteiger partial charge is 0.237 e. The molecule has 0 spiro atoms. The molecule has 17 heavy (non-hydrogen) atoms. The third-order valence-electron chi connectivity index (χ3n) is 2.37. The number of hydrogen-bond acceptors (Lipinski definition) is 4. The maximum Gasteiger partial charge on any atom is 0.237 e. The minimum Gasteiger partial charge on any atom is -0.354 e. The summed E-state index contributed by atoms with van der Waals surface area (Å²) < 4.78 is 22.3. The summed E-state index contributed by atoms with van der Waals surface area (Å²) in [5, 5.41) is 2.54. The molecule has 0 saturated heterocycles. The Kier molecular flexibility index (Phi) is 8.03. The van der Waals surface area contributed by atoms with Crippen LogP contribution in [0.25, 0.3) is 0 Å². The van der Waals surface area contributed by atoms with Gasteiger partial charge < -0.3 is 11.1 Å². The van der Waals surface area contributed by atoms with E-state index in [1.165, 1.54) is 0 Å². The summed E-state index contributed by atoms with van der Waals surface area (Å²) in [6, 6.07) is -0.628. The van der Waals surface area contributed by atoms with Crippen LogP contribution < -0.4 is 11.1 Å². The molecule has 0 radical (unpaired) electrons. The van der Waals surface area contributed by atoms with Gasteiger partial charge in [0.1, 0.15) is 0 Å². The molecule has 0 aromatic heterocycles. The molecule has 0 aliphatic carbocycles. The summed E-state index contributed by atoms with van der Waals surface area (Å²) in [6.45, 7) is 7.29. The van der Waals surface area contributed by atoms with Crippen molar-refractivity contribution in [3.8, 4) is 0 Å². The Morgan fingerprint density at radius 1 is 1.35 bits per heavy atom. The lowest BCUT2D eigenvalue weighted by Gasteiger charge is -2.25. The fourth-order valence-corrected chi connectivity index (χ4v) is 1.68. The van der Waals surface area contributed by atoms with Gasteiger partial charge in [-0.1, -0.05) is 27.7 Å². The van der Waals surface area contributed by atoms with Crippen molar-refractivity contribution >= 4 is 28.2 Å². The SMILES string of the molecule is CCS(=O)(=O)CCNC(=O)[C@@H](N)C(C)(C)C.Cl. The first kappa shape index (κ1) is 19.0. The van der Waals surface area contributed by atoms with Gasteiger partial charge in [-0.3, -0.25) is 4.79 Å². The Hall–Kier alpha value is -0.330. The number of hydrogen-bond donors (Lipinski definition) is 2. The molecule has 0 aliphatic rings. The summed E-state index contributed by atoms with van der Waals surface area (Å²) >= 11 is 0. The zero-order chi connectivity index (χ0) is 13.0. The molecule has 3 N–H and O–H groups in total. The van der Waals surface area contributed by atoms with E-state index in [0.717, 1.165) is 0 Å². The van der Waals surface area contributed by atoms with Gasteiger partial charge in [-0.2, -0.15) is 0 Å². The number of sulfone groups is 1. The van der Waals surface area contributed by atoms with Crippen molar-refractivity contribution in [3.63, 3.8) is 0 Å². The van der Waals surface area contributed by atoms with E-state index < -0.39 is 15.9 Å². The van der Waals surface area contributed by atoms with E-state index in [2.05, 4.69) is 5.32 Å². The average molecular weight is 287 g/mol. The van der Waals surface area contributed by atoms with Gasteiger partial charge in [-0.05, 0) is 5.41 Å². The zero-order valence-corrected chi connectivity index (χ0v) is 12.5. The van der Waals surface area contributed by atoms with E-state index in [1.54, 1.807) is 6.92 Å². The lowest BCUT2D eigenvalue weighted by Crippen LogP contribution is -2.49. The van der Waals surface area contributed by atoms with E-state index in [1.807, 2.05) is 20.8 Å². The van der Waals surface area contributed by atoms with Crippen LogP contribution in [0.1, 0.15) is 27.7 Å². The van der Waals surface area contributed by atoms with Gasteiger partial charge in [0.05, 0.1) is 11.8 Å². The number of nitrogens with two attached hydrogens (primary N) is 1. The molecule has 1 amide bonds. The van der Waals surface area contributed by atoms with Crippen LogP contribution >= 0.6 is 12.4 Å². The molecule has 0 unspecified atom stereocenters. The first-order valence-electron chi connectivity index (χ1n) is 5.34. The van der Waals surface area contributed by atoms with Crippen molar-refractivity contribution in [2.24, 2.45) is 11.1 Å². The zero-order valence-electron chi connectivity index (χ0n) is 10.8. The molecule has 5 nitrogen and oxygen atoms in total. The third kappa shape index (κ3) is 7.57. The molecule has 0 aliphatic heterocycles. The van der Waals surface area contributed by atoms with Crippen LogP contribution in [0.15, 0.2) is 0 Å². The van der Waals surface area contributed by atoms with Crippen LogP contribution in [0, 0.1) is 5.41 Å². The second kappa shape index (κ2) is 7.18. The fraction of sp³-hybridized carbons (Fsp3) is 0.900. The van der Waals surface area contributed by atoms with Crippen molar-refractivity contribution in [1.29, 1.82) is 0 Å². The van der Waals surface area contributed by atoms with Gasteiger partial charge in [0.25, 0.3) is 0 Å². The van der Waals surface area contributed by atoms with Gasteiger partial charge in [0.2, 0.25) is 5.91 Å². The van der Waals surface area contributed by atoms with E-state index in [4.69, 9.17) is 5.73 Å². The number of carbonyl (C=O) groups is 1. The molecule has 0 saturated carbocycles. The highest BCUT2D eigenvalue weighted by Crippen LogP contribution is 2.16. The summed E-state index contributed by atoms with van der Waals surface area (Å²) in [5.41, 5.74) is 5.39. The molecular formula is C10H23ClN2O3S. The molecule has 104 valence electrons. The van der Waals surface area contributed by atoms with Crippen molar-refractivity contribution in [2.45, 2.75) is 33.7 Å². The number of carbonyl (C=O) groups excluding carboxylic acids is 1. The highest BCUT2D eigenvalue weighted by Gasteiger charge is 2.27. The maximum absolute atomic E-state index is 11.5. The minimum absolute atomic E-state index is 0. The second-order valence-electron chi connectivity index (χ2n) is 4.87. The Bertz CT molecular complexity index is 336. The fourth-order valence-electron chi connectivity index (χ4n) is 0.977. The predicted octanol–water partition coefficient (Wildman–Crippen LogP) is 0.333. The number of nitrogens with one attached hydrogen (secondary N) is 1. The lowest BCUT2D eigenvalue weighted by molar-refractivity contribution is -0.124. The molecule has 0 fully saturated rings. The lowest BCUT2D eigenvalue weighted by atomic mass is 9.87. The van der Waals surface area contributed by atoms with Crippen molar-refractivity contribution in [3.05, 3.63) is 0 Å². The van der Waals surface area contributed by atoms with Crippen LogP contribution in [0.4, 0.5) is 0 Å². The molecule has 0 bridgehead atoms. The second-order valence-corrected chi connectivity index (χ2v) is 7.34. The first-order valence-corrected chi connectivity index (χ1v) is 7.16. The van der Waals surface area contributed by atoms with Crippen LogP contribution in [0.2, 0.25) is 0 Å². The standard InChI is InChI=1S/C10H22N2O3S.ClH/c1-5-16(14,15)7-6-12-9(13)8(11)10(2,3)4;/h8H,5-7,11H2,1-4H3,(H,12,13);1H/t8-;/m1./s1. The summed E-state index contributed by atoms with van der Waals surface area (Å²) in [7, 11) is -3.03. The van der Waals surface area contributed by atoms with E-state index >= 15 is 0 Å². The van der Waals surface area contributed by atoms with Crippen LogP contribution in [0.3, 0.4) is 0 Å². The van der Waals surface area contributed by atoms with Crippen LogP contribution in [-0.4, -0.2) is 38.4 Å². The van der Waals surface area contributed by atoms with Gasteiger partial charge in [0, 0.05) is 12.3 Å². The summed E-state index contributed by atoms with van der Waals surface area (Å²) in [5.74, 6) is -0.251. The molecule has 0 rings (SSSR count). The Morgan fingerprint density at radius 3 is 2.18 bits per heavy atom. The molecule has 0 heterocycles. The van der Waals surface area contributed by atoms with Crippen molar-refractivity contribution in [2.75, 3.05) is 18.1 Å². The Labute approximate surface area is 110 Å². The van der Waals surface area contributed by atoms with E-state index in [9.17, 15) is 13.2 Å². The van der Waals surface area contributed by atoms with Gasteiger partial charge >= 0.3 is 0 Å². The normalized spacial score (nSPS) is 13.7. The first-order chi connectivity index (χ1) is 7.10. The predicted molar refractivity (Wildman–Crippen MR) is 72.0 cm³/mol. The average Bonchev–Trinajstić information content (AvgIpc) is 2.14. The Balaban J connectivity index is 0. The number of amides is 1. The van der Waals surface area contributed by atoms with Gasteiger partial charge in [-0.25, -0.2) is 8.42 Å². The topological polar surface area (TPSA) is 89.3 Å². The highest BCUT2D eigenvalue weighted by atomic mass is 35.5. The van der Waals surface area contributed by atoms with Crippen molar-refractivity contribution < 1.29 is 13.2 Å². The van der Waals surface area contributed by atoms with Crippen molar-refractivity contribution in [1.82, 2.24) is 5.32 Å². The molecule has 1 atom stereocenters. The maximum atomic E-state index is 11.5. The molecule has 0 aromatic carbocycles. The van der Waals surface area contributed by atoms with Gasteiger partial charge in [-0.15, -0.1) is 12.4 Å². The molecule has 0 aromatic rings. The van der Waals surface area contributed by atoms with E-state index in [-0.39, 0.29) is 41.8 Å². The monoisotopic (exact) mass is 286 g/mol. The number of halogens is 1. The summed E-state index contributed by atoms with van der Waals surface area (Å²) in [4.78, 5) is 11.5. The van der Waals surface area contributed by atoms with Crippen LogP contribution in [-0.2, 0) is 14.6 Å². The van der Waals surface area contributed by atoms with Gasteiger partial charge in [0.15, 0.2) is 9.84 Å². The van der Waals surface area contributed by atoms with E-state index in [0.29, 0.717) is 0 Å². The minimum atomic E-state index is -3.03. The summed E-state index contributed by atoms with van der Waals surface area (Å²) in [6.07, 6.45) is 0. The molecule has 7 heteroatoms.